The lowest BCUT2D eigenvalue weighted by Crippen LogP contribution is -2.04. The smallest absolute Gasteiger partial charge is 0.341 e. The number of aromatic nitrogens is 1. The van der Waals surface area contributed by atoms with Gasteiger partial charge in [-0.25, -0.2) is 4.79 Å². The topological polar surface area (TPSA) is 87.1 Å². The molecule has 2 aromatic carbocycles. The summed E-state index contributed by atoms with van der Waals surface area (Å²) in [6.07, 6.45) is 1.59. The van der Waals surface area contributed by atoms with Gasteiger partial charge >= 0.3 is 5.97 Å². The third-order valence-corrected chi connectivity index (χ3v) is 4.26. The van der Waals surface area contributed by atoms with E-state index in [9.17, 15) is 9.90 Å². The zero-order valence-electron chi connectivity index (χ0n) is 15.8. The molecular weight excluding hydrogens is 386 g/mol. The Bertz CT molecular complexity index is 1020. The number of hydrogen-bond donors (Lipinski definition) is 1. The zero-order chi connectivity index (χ0) is 19.6. The summed E-state index contributed by atoms with van der Waals surface area (Å²) in [5.41, 5.74) is 1.11. The van der Waals surface area contributed by atoms with Gasteiger partial charge in [-0.2, -0.15) is 0 Å². The molecule has 1 aromatic heterocycles. The van der Waals surface area contributed by atoms with E-state index >= 15 is 0 Å². The van der Waals surface area contributed by atoms with Gasteiger partial charge in [-0.05, 0) is 30.3 Å². The molecule has 28 heavy (non-hydrogen) atoms. The summed E-state index contributed by atoms with van der Waals surface area (Å²) in [6.45, 7) is 0. The first-order chi connectivity index (χ1) is 13.0. The van der Waals surface area contributed by atoms with Crippen molar-refractivity contribution in [3.8, 4) is 34.3 Å². The summed E-state index contributed by atoms with van der Waals surface area (Å²) in [5, 5.41) is 12.0. The van der Waals surface area contributed by atoms with E-state index in [-0.39, 0.29) is 23.7 Å². The molecule has 0 fully saturated rings. The van der Waals surface area contributed by atoms with Crippen molar-refractivity contribution in [3.05, 3.63) is 42.1 Å². The number of pyridine rings is 1. The van der Waals surface area contributed by atoms with Gasteiger partial charge in [0.05, 0.1) is 28.4 Å². The Balaban J connectivity index is 0.00000280. The van der Waals surface area contributed by atoms with E-state index in [4.69, 9.17) is 18.9 Å². The molecule has 8 heteroatoms. The van der Waals surface area contributed by atoms with Crippen molar-refractivity contribution in [2.24, 2.45) is 0 Å². The molecule has 0 amide bonds. The number of fused-ring (bicyclic) bond motifs is 1. The van der Waals surface area contributed by atoms with E-state index in [0.717, 1.165) is 0 Å². The number of benzene rings is 2. The molecule has 7 nitrogen and oxygen atoms in total. The van der Waals surface area contributed by atoms with Crippen LogP contribution in [-0.4, -0.2) is 44.5 Å². The van der Waals surface area contributed by atoms with Crippen molar-refractivity contribution in [2.75, 3.05) is 28.4 Å². The predicted molar refractivity (Wildman–Crippen MR) is 107 cm³/mol. The van der Waals surface area contributed by atoms with Gasteiger partial charge in [-0.3, -0.25) is 4.98 Å². The number of ether oxygens (including phenoxy) is 4. The lowest BCUT2D eigenvalue weighted by Gasteiger charge is -2.14. The van der Waals surface area contributed by atoms with Crippen molar-refractivity contribution in [2.45, 2.75) is 0 Å². The van der Waals surface area contributed by atoms with Crippen LogP contribution in [0.2, 0.25) is 0 Å². The van der Waals surface area contributed by atoms with Crippen LogP contribution in [0.15, 0.2) is 36.5 Å². The monoisotopic (exact) mass is 405 g/mol. The molecule has 3 rings (SSSR count). The lowest BCUT2D eigenvalue weighted by atomic mass is 10.0. The molecule has 3 aromatic rings. The van der Waals surface area contributed by atoms with Crippen molar-refractivity contribution >= 4 is 29.1 Å². The summed E-state index contributed by atoms with van der Waals surface area (Å²) in [6, 6.07) is 8.33. The van der Waals surface area contributed by atoms with Crippen molar-refractivity contribution in [1.29, 1.82) is 0 Å². The van der Waals surface area contributed by atoms with Gasteiger partial charge < -0.3 is 24.1 Å². The van der Waals surface area contributed by atoms with E-state index in [2.05, 4.69) is 4.98 Å². The number of aromatic hydroxyl groups is 1. The predicted octanol–water partition coefficient (Wildman–Crippen LogP) is 3.84. The van der Waals surface area contributed by atoms with Crippen LogP contribution in [-0.2, 0) is 4.74 Å². The molecule has 0 saturated carbocycles. The molecule has 0 saturated heterocycles. The van der Waals surface area contributed by atoms with Gasteiger partial charge in [0, 0.05) is 22.5 Å². The van der Waals surface area contributed by atoms with Crippen LogP contribution in [0.3, 0.4) is 0 Å². The lowest BCUT2D eigenvalue weighted by molar-refractivity contribution is 0.0597. The molecule has 0 aliphatic rings. The summed E-state index contributed by atoms with van der Waals surface area (Å²) in [5.74, 6) is 0.817. The van der Waals surface area contributed by atoms with Gasteiger partial charge in [-0.1, -0.05) is 0 Å². The normalized spacial score (nSPS) is 10.1. The Kier molecular flexibility index (Phi) is 6.53. The van der Waals surface area contributed by atoms with Crippen LogP contribution in [0.5, 0.6) is 23.0 Å². The van der Waals surface area contributed by atoms with Gasteiger partial charge in [0.25, 0.3) is 0 Å². The maximum absolute atomic E-state index is 12.0. The Morgan fingerprint density at radius 3 is 2.21 bits per heavy atom. The molecule has 0 atom stereocenters. The van der Waals surface area contributed by atoms with Crippen LogP contribution >= 0.6 is 12.4 Å². The molecule has 0 spiro atoms. The number of carbonyl (C=O) groups excluding carboxylic acids is 1. The summed E-state index contributed by atoms with van der Waals surface area (Å²) >= 11 is 0. The Morgan fingerprint density at radius 1 is 0.929 bits per heavy atom. The van der Waals surface area contributed by atoms with Crippen LogP contribution in [0.4, 0.5) is 0 Å². The quantitative estimate of drug-likeness (QED) is 0.645. The third kappa shape index (κ3) is 3.48. The number of nitrogens with zero attached hydrogens (tertiary/aromatic N) is 1. The van der Waals surface area contributed by atoms with Gasteiger partial charge in [0.2, 0.25) is 0 Å². The first-order valence-corrected chi connectivity index (χ1v) is 8.05. The summed E-state index contributed by atoms with van der Waals surface area (Å²) < 4.78 is 20.7. The molecule has 148 valence electrons. The first-order valence-electron chi connectivity index (χ1n) is 8.05. The standard InChI is InChI=1S/C20H19NO6.ClH/c1-24-15-7-5-11(9-13(15)20(23)27-4)17-18(22)12-6-8-16(25-2)19(26-3)14(12)10-21-17;/h5-10,22H,1-4H3;1H. The second-order valence-electron chi connectivity index (χ2n) is 5.62. The molecule has 0 radical (unpaired) electrons. The Morgan fingerprint density at radius 2 is 1.61 bits per heavy atom. The fourth-order valence-electron chi connectivity index (χ4n) is 2.94. The minimum Gasteiger partial charge on any atom is -0.505 e. The fraction of sp³-hybridized carbons (Fsp3) is 0.200. The maximum atomic E-state index is 12.0. The Labute approximate surface area is 168 Å². The summed E-state index contributed by atoms with van der Waals surface area (Å²) in [7, 11) is 5.82. The van der Waals surface area contributed by atoms with Crippen molar-refractivity contribution in [1.82, 2.24) is 4.98 Å². The van der Waals surface area contributed by atoms with Crippen LogP contribution in [0.25, 0.3) is 22.0 Å². The van der Waals surface area contributed by atoms with E-state index in [0.29, 0.717) is 39.3 Å². The largest absolute Gasteiger partial charge is 0.505 e. The molecule has 1 heterocycles. The highest BCUT2D eigenvalue weighted by Gasteiger charge is 2.19. The van der Waals surface area contributed by atoms with Crippen LogP contribution in [0.1, 0.15) is 10.4 Å². The van der Waals surface area contributed by atoms with Gasteiger partial charge in [0.1, 0.15) is 22.8 Å². The highest BCUT2D eigenvalue weighted by atomic mass is 35.5. The van der Waals surface area contributed by atoms with E-state index in [1.807, 2.05) is 0 Å². The van der Waals surface area contributed by atoms with E-state index in [1.165, 1.54) is 28.4 Å². The second kappa shape index (κ2) is 8.67. The van der Waals surface area contributed by atoms with Crippen molar-refractivity contribution in [3.63, 3.8) is 0 Å². The Hall–Kier alpha value is -3.19. The number of hydrogen-bond acceptors (Lipinski definition) is 7. The molecule has 1 N–H and O–H groups in total. The SMILES string of the molecule is COC(=O)c1cc(-c2ncc3c(OC)c(OC)ccc3c2O)ccc1OC.Cl. The number of carbonyl (C=O) groups is 1. The molecular formula is C20H20ClNO6. The average Bonchev–Trinajstić information content (AvgIpc) is 2.72. The third-order valence-electron chi connectivity index (χ3n) is 4.26. The van der Waals surface area contributed by atoms with E-state index in [1.54, 1.807) is 36.5 Å². The van der Waals surface area contributed by atoms with E-state index < -0.39 is 5.97 Å². The van der Waals surface area contributed by atoms with Gasteiger partial charge in [0.15, 0.2) is 11.5 Å². The highest BCUT2D eigenvalue weighted by Crippen LogP contribution is 2.42. The minimum absolute atomic E-state index is 0. The summed E-state index contributed by atoms with van der Waals surface area (Å²) in [4.78, 5) is 16.4. The minimum atomic E-state index is -0.541. The first kappa shape index (κ1) is 21.1. The van der Waals surface area contributed by atoms with Crippen LogP contribution in [0, 0.1) is 0 Å². The zero-order valence-corrected chi connectivity index (χ0v) is 16.6. The second-order valence-corrected chi connectivity index (χ2v) is 5.62. The highest BCUT2D eigenvalue weighted by molar-refractivity contribution is 5.99. The average molecular weight is 406 g/mol. The van der Waals surface area contributed by atoms with Gasteiger partial charge in [-0.15, -0.1) is 12.4 Å². The fourth-order valence-corrected chi connectivity index (χ4v) is 2.94. The molecule has 0 unspecified atom stereocenters. The van der Waals surface area contributed by atoms with Crippen molar-refractivity contribution < 1.29 is 28.8 Å². The molecule has 0 aliphatic heterocycles. The number of esters is 1. The number of halogens is 1. The maximum Gasteiger partial charge on any atom is 0.341 e. The molecule has 0 aliphatic carbocycles. The number of methoxy groups -OCH3 is 4. The number of rotatable bonds is 5. The molecule has 0 bridgehead atoms. The van der Waals surface area contributed by atoms with Crippen LogP contribution < -0.4 is 14.2 Å².